The average molecular weight is 338 g/mol. The topological polar surface area (TPSA) is 119 Å². The van der Waals surface area contributed by atoms with Crippen LogP contribution >= 0.6 is 0 Å². The van der Waals surface area contributed by atoms with Crippen molar-refractivity contribution in [3.05, 3.63) is 20.8 Å². The van der Waals surface area contributed by atoms with Crippen LogP contribution < -0.4 is 22.3 Å². The number of hydrogen-bond acceptors (Lipinski definition) is 5. The Labute approximate surface area is 140 Å². The van der Waals surface area contributed by atoms with E-state index in [-0.39, 0.29) is 43.0 Å². The smallest absolute Gasteiger partial charge is 0.332 e. The highest BCUT2D eigenvalue weighted by atomic mass is 16.3. The number of nitrogens with one attached hydrogen (secondary N) is 1. The monoisotopic (exact) mass is 338 g/mol. The molecule has 1 aromatic rings. The summed E-state index contributed by atoms with van der Waals surface area (Å²) in [6.45, 7) is 2.21. The lowest BCUT2D eigenvalue weighted by atomic mass is 10.1. The molecule has 0 aromatic carbocycles. The predicted octanol–water partition coefficient (Wildman–Crippen LogP) is 0.513. The Hall–Kier alpha value is -2.09. The van der Waals surface area contributed by atoms with Gasteiger partial charge in [0.05, 0.1) is 0 Å². The lowest BCUT2D eigenvalue weighted by molar-refractivity contribution is -0.119. The zero-order valence-electron chi connectivity index (χ0n) is 14.1. The molecule has 1 heterocycles. The standard InChI is InChI=1S/C16H26N4O4/c1-2-8-20-15(23)12(18-14(22)11-6-3-4-7-11)13(17)19(16(20)24)9-5-10-21/h11,21H,2-10,17H2,1H3,(H,18,22). The minimum atomic E-state index is -0.564. The molecular weight excluding hydrogens is 312 g/mol. The predicted molar refractivity (Wildman–Crippen MR) is 92.0 cm³/mol. The number of rotatable bonds is 7. The van der Waals surface area contributed by atoms with Crippen LogP contribution in [-0.4, -0.2) is 26.8 Å². The molecule has 4 N–H and O–H groups in total. The molecule has 2 rings (SSSR count). The fraction of sp³-hybridized carbons (Fsp3) is 0.688. The lowest BCUT2D eigenvalue weighted by Crippen LogP contribution is -2.43. The molecule has 0 aliphatic heterocycles. The molecule has 0 bridgehead atoms. The summed E-state index contributed by atoms with van der Waals surface area (Å²) in [5.41, 5.74) is 4.89. The van der Waals surface area contributed by atoms with Gasteiger partial charge in [0.1, 0.15) is 11.5 Å². The second-order valence-corrected chi connectivity index (χ2v) is 6.20. The first-order chi connectivity index (χ1) is 11.5. The van der Waals surface area contributed by atoms with E-state index in [2.05, 4.69) is 5.32 Å². The molecule has 0 saturated heterocycles. The molecule has 0 radical (unpaired) electrons. The van der Waals surface area contributed by atoms with E-state index >= 15 is 0 Å². The average Bonchev–Trinajstić information content (AvgIpc) is 3.10. The molecule has 1 fully saturated rings. The van der Waals surface area contributed by atoms with Crippen molar-refractivity contribution >= 4 is 17.4 Å². The first-order valence-electron chi connectivity index (χ1n) is 8.56. The number of nitrogen functional groups attached to an aromatic ring is 1. The van der Waals surface area contributed by atoms with Gasteiger partial charge in [0.2, 0.25) is 5.91 Å². The van der Waals surface area contributed by atoms with Crippen molar-refractivity contribution in [2.75, 3.05) is 17.7 Å². The number of aliphatic hydroxyl groups excluding tert-OH is 1. The Morgan fingerprint density at radius 1 is 1.25 bits per heavy atom. The van der Waals surface area contributed by atoms with Crippen molar-refractivity contribution in [1.82, 2.24) is 9.13 Å². The van der Waals surface area contributed by atoms with E-state index in [9.17, 15) is 14.4 Å². The number of nitrogens with two attached hydrogens (primary N) is 1. The van der Waals surface area contributed by atoms with Crippen molar-refractivity contribution in [3.8, 4) is 0 Å². The SMILES string of the molecule is CCCn1c(=O)c(NC(=O)C2CCCC2)c(N)n(CCCO)c1=O. The van der Waals surface area contributed by atoms with E-state index in [1.54, 1.807) is 0 Å². The first kappa shape index (κ1) is 18.3. The minimum absolute atomic E-state index is 0.0297. The van der Waals surface area contributed by atoms with E-state index in [0.717, 1.165) is 30.3 Å². The molecule has 24 heavy (non-hydrogen) atoms. The normalized spacial score (nSPS) is 14.9. The highest BCUT2D eigenvalue weighted by molar-refractivity contribution is 5.94. The Morgan fingerprint density at radius 3 is 2.50 bits per heavy atom. The van der Waals surface area contributed by atoms with Gasteiger partial charge in [0, 0.05) is 25.6 Å². The molecule has 1 amide bonds. The zero-order chi connectivity index (χ0) is 17.7. The first-order valence-corrected chi connectivity index (χ1v) is 8.56. The lowest BCUT2D eigenvalue weighted by Gasteiger charge is -2.18. The summed E-state index contributed by atoms with van der Waals surface area (Å²) >= 11 is 0. The molecule has 1 aliphatic carbocycles. The van der Waals surface area contributed by atoms with Crippen LogP contribution in [0.5, 0.6) is 0 Å². The maximum absolute atomic E-state index is 12.6. The van der Waals surface area contributed by atoms with E-state index < -0.39 is 11.2 Å². The fourth-order valence-corrected chi connectivity index (χ4v) is 3.11. The third-order valence-electron chi connectivity index (χ3n) is 4.43. The Bertz CT molecular complexity index is 701. The van der Waals surface area contributed by atoms with Gasteiger partial charge in [-0.3, -0.25) is 18.7 Å². The van der Waals surface area contributed by atoms with Gasteiger partial charge in [-0.1, -0.05) is 19.8 Å². The van der Waals surface area contributed by atoms with Crippen molar-refractivity contribution in [2.45, 2.75) is 58.5 Å². The maximum atomic E-state index is 12.6. The van der Waals surface area contributed by atoms with Gasteiger partial charge < -0.3 is 16.2 Å². The van der Waals surface area contributed by atoms with Crippen LogP contribution in [-0.2, 0) is 17.9 Å². The summed E-state index contributed by atoms with van der Waals surface area (Å²) in [7, 11) is 0. The summed E-state index contributed by atoms with van der Waals surface area (Å²) < 4.78 is 2.34. The Kier molecular flexibility index (Phi) is 6.19. The van der Waals surface area contributed by atoms with E-state index in [4.69, 9.17) is 10.8 Å². The number of anilines is 2. The zero-order valence-corrected chi connectivity index (χ0v) is 14.1. The number of aromatic nitrogens is 2. The largest absolute Gasteiger partial charge is 0.396 e. The van der Waals surface area contributed by atoms with Gasteiger partial charge in [-0.2, -0.15) is 0 Å². The number of amides is 1. The van der Waals surface area contributed by atoms with Crippen LogP contribution in [0.4, 0.5) is 11.5 Å². The Balaban J connectivity index is 2.44. The molecule has 0 unspecified atom stereocenters. The molecule has 1 aliphatic rings. The van der Waals surface area contributed by atoms with Gasteiger partial charge in [-0.15, -0.1) is 0 Å². The number of carbonyl (C=O) groups excluding carboxylic acids is 1. The van der Waals surface area contributed by atoms with Gasteiger partial charge in [-0.05, 0) is 25.7 Å². The van der Waals surface area contributed by atoms with Crippen molar-refractivity contribution in [1.29, 1.82) is 0 Å². The number of nitrogens with zero attached hydrogens (tertiary/aromatic N) is 2. The van der Waals surface area contributed by atoms with Crippen molar-refractivity contribution < 1.29 is 9.90 Å². The molecule has 1 saturated carbocycles. The number of aliphatic hydroxyl groups is 1. The molecule has 0 atom stereocenters. The van der Waals surface area contributed by atoms with Crippen molar-refractivity contribution in [2.24, 2.45) is 5.92 Å². The van der Waals surface area contributed by atoms with E-state index in [1.807, 2.05) is 6.92 Å². The molecular formula is C16H26N4O4. The van der Waals surface area contributed by atoms with Crippen LogP contribution in [0, 0.1) is 5.92 Å². The summed E-state index contributed by atoms with van der Waals surface area (Å²) in [6, 6.07) is 0. The molecule has 8 nitrogen and oxygen atoms in total. The molecule has 8 heteroatoms. The van der Waals surface area contributed by atoms with Crippen LogP contribution in [0.15, 0.2) is 9.59 Å². The maximum Gasteiger partial charge on any atom is 0.332 e. The van der Waals surface area contributed by atoms with Crippen LogP contribution in [0.1, 0.15) is 45.4 Å². The van der Waals surface area contributed by atoms with E-state index in [0.29, 0.717) is 12.8 Å². The molecule has 134 valence electrons. The second kappa shape index (κ2) is 8.14. The fourth-order valence-electron chi connectivity index (χ4n) is 3.11. The second-order valence-electron chi connectivity index (χ2n) is 6.20. The van der Waals surface area contributed by atoms with Gasteiger partial charge in [0.25, 0.3) is 5.56 Å². The quantitative estimate of drug-likeness (QED) is 0.669. The summed E-state index contributed by atoms with van der Waals surface area (Å²) in [6.07, 6.45) is 4.56. The van der Waals surface area contributed by atoms with Gasteiger partial charge in [-0.25, -0.2) is 4.79 Å². The molecule has 0 spiro atoms. The van der Waals surface area contributed by atoms with Crippen molar-refractivity contribution in [3.63, 3.8) is 0 Å². The summed E-state index contributed by atoms with van der Waals surface area (Å²) in [5, 5.41) is 11.6. The van der Waals surface area contributed by atoms with Crippen LogP contribution in [0.3, 0.4) is 0 Å². The van der Waals surface area contributed by atoms with Crippen LogP contribution in [0.25, 0.3) is 0 Å². The highest BCUT2D eigenvalue weighted by Crippen LogP contribution is 2.26. The third-order valence-corrected chi connectivity index (χ3v) is 4.43. The summed E-state index contributed by atoms with van der Waals surface area (Å²) in [5.74, 6) is -0.370. The number of hydrogen-bond donors (Lipinski definition) is 3. The van der Waals surface area contributed by atoms with Gasteiger partial charge in [0.15, 0.2) is 0 Å². The Morgan fingerprint density at radius 2 is 1.92 bits per heavy atom. The van der Waals surface area contributed by atoms with E-state index in [1.165, 1.54) is 4.57 Å². The minimum Gasteiger partial charge on any atom is -0.396 e. The summed E-state index contributed by atoms with van der Waals surface area (Å²) in [4.78, 5) is 37.4. The molecule has 1 aromatic heterocycles. The highest BCUT2D eigenvalue weighted by Gasteiger charge is 2.25. The van der Waals surface area contributed by atoms with Gasteiger partial charge >= 0.3 is 5.69 Å². The third kappa shape index (κ3) is 3.69. The number of carbonyl (C=O) groups is 1. The van der Waals surface area contributed by atoms with Crippen LogP contribution in [0.2, 0.25) is 0 Å².